The molecule has 1 saturated heterocycles. The normalized spacial score (nSPS) is 19.7. The Morgan fingerprint density at radius 2 is 1.90 bits per heavy atom. The van der Waals surface area contributed by atoms with E-state index in [4.69, 9.17) is 0 Å². The standard InChI is InChI=1S/C22H30N4O2S/c1-14-7-15(2)11-26(10-14)12-19-13-29-22(24-19)25-20(27)9-23-21(28)18-6-5-16(3)17(4)8-18/h5-6,8,13-15H,7,9-12H2,1-4H3,(H,23,28)(H,24,25,27)/t14-,15-/m1/s1. The molecule has 1 aromatic carbocycles. The average molecular weight is 415 g/mol. The summed E-state index contributed by atoms with van der Waals surface area (Å²) in [7, 11) is 0. The van der Waals surface area contributed by atoms with E-state index in [0.717, 1.165) is 36.5 Å². The molecule has 1 aromatic heterocycles. The number of hydrogen-bond donors (Lipinski definition) is 2. The second kappa shape index (κ2) is 9.50. The summed E-state index contributed by atoms with van der Waals surface area (Å²) in [6.07, 6.45) is 1.28. The number of carbonyl (C=O) groups is 2. The highest BCUT2D eigenvalue weighted by Gasteiger charge is 2.22. The highest BCUT2D eigenvalue weighted by atomic mass is 32.1. The first kappa shape index (κ1) is 21.5. The van der Waals surface area contributed by atoms with Gasteiger partial charge >= 0.3 is 0 Å². The van der Waals surface area contributed by atoms with Crippen molar-refractivity contribution in [2.45, 2.75) is 40.7 Å². The van der Waals surface area contributed by atoms with Crippen LogP contribution in [-0.2, 0) is 11.3 Å². The van der Waals surface area contributed by atoms with Crippen molar-refractivity contribution >= 4 is 28.3 Å². The van der Waals surface area contributed by atoms with Crippen LogP contribution in [0.3, 0.4) is 0 Å². The Labute approximate surface area is 176 Å². The van der Waals surface area contributed by atoms with Gasteiger partial charge in [0.05, 0.1) is 12.2 Å². The highest BCUT2D eigenvalue weighted by Crippen LogP contribution is 2.23. The molecule has 0 bridgehead atoms. The van der Waals surface area contributed by atoms with Crippen LogP contribution in [0, 0.1) is 25.7 Å². The number of rotatable bonds is 6. The van der Waals surface area contributed by atoms with Crippen molar-refractivity contribution in [3.05, 3.63) is 46.0 Å². The van der Waals surface area contributed by atoms with Gasteiger partial charge in [-0.2, -0.15) is 0 Å². The number of aromatic nitrogens is 1. The predicted molar refractivity (Wildman–Crippen MR) is 117 cm³/mol. The fraction of sp³-hybridized carbons (Fsp3) is 0.500. The van der Waals surface area contributed by atoms with E-state index in [1.807, 2.05) is 31.4 Å². The van der Waals surface area contributed by atoms with Gasteiger partial charge in [-0.05, 0) is 55.4 Å². The Balaban J connectivity index is 1.47. The second-order valence-corrected chi connectivity index (χ2v) is 9.17. The highest BCUT2D eigenvalue weighted by molar-refractivity contribution is 7.13. The first-order valence-corrected chi connectivity index (χ1v) is 11.0. The Bertz CT molecular complexity index is 869. The quantitative estimate of drug-likeness (QED) is 0.757. The van der Waals surface area contributed by atoms with Gasteiger partial charge in [-0.1, -0.05) is 19.9 Å². The van der Waals surface area contributed by atoms with Gasteiger partial charge in [0.25, 0.3) is 5.91 Å². The lowest BCUT2D eigenvalue weighted by molar-refractivity contribution is -0.115. The van der Waals surface area contributed by atoms with Crippen molar-refractivity contribution in [2.75, 3.05) is 25.0 Å². The van der Waals surface area contributed by atoms with Crippen molar-refractivity contribution in [2.24, 2.45) is 11.8 Å². The Morgan fingerprint density at radius 1 is 1.17 bits per heavy atom. The van der Waals surface area contributed by atoms with E-state index in [-0.39, 0.29) is 18.4 Å². The second-order valence-electron chi connectivity index (χ2n) is 8.31. The van der Waals surface area contributed by atoms with Crippen LogP contribution in [0.5, 0.6) is 0 Å². The first-order chi connectivity index (χ1) is 13.8. The SMILES string of the molecule is Cc1ccc(C(=O)NCC(=O)Nc2nc(CN3C[C@H](C)C[C@@H](C)C3)cs2)cc1C. The van der Waals surface area contributed by atoms with E-state index in [9.17, 15) is 9.59 Å². The summed E-state index contributed by atoms with van der Waals surface area (Å²) in [6, 6.07) is 5.51. The number of carbonyl (C=O) groups excluding carboxylic acids is 2. The molecule has 2 heterocycles. The van der Waals surface area contributed by atoms with Gasteiger partial charge in [-0.25, -0.2) is 4.98 Å². The number of hydrogen-bond acceptors (Lipinski definition) is 5. The van der Waals surface area contributed by atoms with Gasteiger partial charge < -0.3 is 10.6 Å². The summed E-state index contributed by atoms with van der Waals surface area (Å²) in [6.45, 7) is 11.5. The molecule has 2 atom stereocenters. The third-order valence-corrected chi connectivity index (χ3v) is 6.11. The van der Waals surface area contributed by atoms with Gasteiger partial charge in [-0.15, -0.1) is 11.3 Å². The topological polar surface area (TPSA) is 74.3 Å². The van der Waals surface area contributed by atoms with Crippen LogP contribution in [0.4, 0.5) is 5.13 Å². The molecule has 2 amide bonds. The number of nitrogens with zero attached hydrogens (tertiary/aromatic N) is 2. The molecule has 7 heteroatoms. The number of nitrogens with one attached hydrogen (secondary N) is 2. The molecule has 1 aliphatic rings. The van der Waals surface area contributed by atoms with Gasteiger partial charge in [0.15, 0.2) is 5.13 Å². The number of amides is 2. The summed E-state index contributed by atoms with van der Waals surface area (Å²) >= 11 is 1.42. The van der Waals surface area contributed by atoms with Gasteiger partial charge in [0, 0.05) is 30.6 Å². The molecule has 1 fully saturated rings. The number of anilines is 1. The summed E-state index contributed by atoms with van der Waals surface area (Å²) in [5.41, 5.74) is 3.72. The number of aryl methyl sites for hydroxylation is 2. The van der Waals surface area contributed by atoms with Crippen LogP contribution in [0.25, 0.3) is 0 Å². The van der Waals surface area contributed by atoms with Crippen molar-refractivity contribution in [1.29, 1.82) is 0 Å². The van der Waals surface area contributed by atoms with E-state index in [1.165, 1.54) is 17.8 Å². The summed E-state index contributed by atoms with van der Waals surface area (Å²) < 4.78 is 0. The number of likely N-dealkylation sites (tertiary alicyclic amines) is 1. The van der Waals surface area contributed by atoms with Crippen molar-refractivity contribution < 1.29 is 9.59 Å². The Hall–Kier alpha value is -2.25. The van der Waals surface area contributed by atoms with Crippen molar-refractivity contribution in [1.82, 2.24) is 15.2 Å². The van der Waals surface area contributed by atoms with Gasteiger partial charge in [0.2, 0.25) is 5.91 Å². The molecule has 6 nitrogen and oxygen atoms in total. The molecular formula is C22H30N4O2S. The number of thiazole rings is 1. The third-order valence-electron chi connectivity index (χ3n) is 5.31. The smallest absolute Gasteiger partial charge is 0.251 e. The van der Waals surface area contributed by atoms with Crippen LogP contribution >= 0.6 is 11.3 Å². The van der Waals surface area contributed by atoms with Crippen molar-refractivity contribution in [3.8, 4) is 0 Å². The molecular weight excluding hydrogens is 384 g/mol. The zero-order valence-corrected chi connectivity index (χ0v) is 18.4. The molecule has 0 aliphatic carbocycles. The van der Waals surface area contributed by atoms with Crippen LogP contribution in [-0.4, -0.2) is 41.3 Å². The van der Waals surface area contributed by atoms with Crippen LogP contribution in [0.2, 0.25) is 0 Å². The predicted octanol–water partition coefficient (Wildman–Crippen LogP) is 3.61. The van der Waals surface area contributed by atoms with Crippen LogP contribution in [0.1, 0.15) is 47.4 Å². The van der Waals surface area contributed by atoms with Crippen molar-refractivity contribution in [3.63, 3.8) is 0 Å². The molecule has 0 saturated carbocycles. The third kappa shape index (κ3) is 6.11. The zero-order chi connectivity index (χ0) is 21.0. The molecule has 2 aromatic rings. The lowest BCUT2D eigenvalue weighted by atomic mass is 9.92. The molecule has 0 unspecified atom stereocenters. The fourth-order valence-corrected chi connectivity index (χ4v) is 4.61. The van der Waals surface area contributed by atoms with E-state index in [1.54, 1.807) is 6.07 Å². The maximum Gasteiger partial charge on any atom is 0.251 e. The lowest BCUT2D eigenvalue weighted by Crippen LogP contribution is -2.38. The number of piperidine rings is 1. The summed E-state index contributed by atoms with van der Waals surface area (Å²) in [4.78, 5) is 31.4. The molecule has 3 rings (SSSR count). The average Bonchev–Trinajstić information content (AvgIpc) is 3.07. The Morgan fingerprint density at radius 3 is 2.59 bits per heavy atom. The molecule has 2 N–H and O–H groups in total. The Kier molecular flexibility index (Phi) is 7.03. The van der Waals surface area contributed by atoms with Crippen LogP contribution in [0.15, 0.2) is 23.6 Å². The lowest BCUT2D eigenvalue weighted by Gasteiger charge is -2.34. The maximum atomic E-state index is 12.2. The zero-order valence-electron chi connectivity index (χ0n) is 17.6. The van der Waals surface area contributed by atoms with E-state index in [0.29, 0.717) is 22.5 Å². The largest absolute Gasteiger partial charge is 0.343 e. The molecule has 1 aliphatic heterocycles. The molecule has 29 heavy (non-hydrogen) atoms. The fourth-order valence-electron chi connectivity index (χ4n) is 3.90. The minimum atomic E-state index is -0.275. The maximum absolute atomic E-state index is 12.2. The van der Waals surface area contributed by atoms with E-state index < -0.39 is 0 Å². The number of benzene rings is 1. The van der Waals surface area contributed by atoms with Crippen LogP contribution < -0.4 is 10.6 Å². The van der Waals surface area contributed by atoms with E-state index >= 15 is 0 Å². The first-order valence-electron chi connectivity index (χ1n) is 10.1. The molecule has 0 radical (unpaired) electrons. The summed E-state index contributed by atoms with van der Waals surface area (Å²) in [5.74, 6) is 0.884. The van der Waals surface area contributed by atoms with Gasteiger partial charge in [0.1, 0.15) is 0 Å². The molecule has 156 valence electrons. The minimum absolute atomic E-state index is 0.0815. The summed E-state index contributed by atoms with van der Waals surface area (Å²) in [5, 5.41) is 8.01. The monoisotopic (exact) mass is 414 g/mol. The van der Waals surface area contributed by atoms with E-state index in [2.05, 4.69) is 34.4 Å². The van der Waals surface area contributed by atoms with Gasteiger partial charge in [-0.3, -0.25) is 14.5 Å². The molecule has 0 spiro atoms. The minimum Gasteiger partial charge on any atom is -0.343 e.